The Hall–Kier alpha value is -2.85. The summed E-state index contributed by atoms with van der Waals surface area (Å²) in [5, 5.41) is 26.3. The van der Waals surface area contributed by atoms with Crippen LogP contribution >= 0.6 is 0 Å². The highest BCUT2D eigenvalue weighted by Crippen LogP contribution is 2.34. The number of primary amides is 1. The molecule has 1 aromatic heterocycles. The van der Waals surface area contributed by atoms with Crippen LogP contribution in [-0.2, 0) is 0 Å². The van der Waals surface area contributed by atoms with Crippen LogP contribution in [0.2, 0.25) is 0 Å². The molecule has 1 saturated carbocycles. The van der Waals surface area contributed by atoms with Gasteiger partial charge in [0.05, 0.1) is 23.8 Å². The monoisotopic (exact) mass is 339 g/mol. The molecule has 1 amide bonds. The lowest BCUT2D eigenvalue weighted by atomic mass is 9.84. The van der Waals surface area contributed by atoms with Crippen molar-refractivity contribution in [2.24, 2.45) is 11.7 Å². The van der Waals surface area contributed by atoms with Gasteiger partial charge in [-0.05, 0) is 49.4 Å². The Bertz CT molecular complexity index is 806. The molecule has 1 heterocycles. The van der Waals surface area contributed by atoms with Crippen molar-refractivity contribution < 1.29 is 9.90 Å². The first kappa shape index (κ1) is 17.0. The highest BCUT2D eigenvalue weighted by molar-refractivity contribution is 5.98. The van der Waals surface area contributed by atoms with Crippen molar-refractivity contribution >= 4 is 17.4 Å². The van der Waals surface area contributed by atoms with Gasteiger partial charge in [-0.2, -0.15) is 10.4 Å². The average molecular weight is 339 g/mol. The van der Waals surface area contributed by atoms with Gasteiger partial charge in [-0.25, -0.2) is 0 Å². The molecule has 130 valence electrons. The van der Waals surface area contributed by atoms with Crippen LogP contribution in [-0.4, -0.2) is 26.9 Å². The van der Waals surface area contributed by atoms with Gasteiger partial charge in [0.1, 0.15) is 5.56 Å². The van der Waals surface area contributed by atoms with Crippen molar-refractivity contribution in [2.75, 3.05) is 5.32 Å². The van der Waals surface area contributed by atoms with Crippen molar-refractivity contribution in [3.8, 4) is 6.07 Å². The number of nitrogens with zero attached hydrogens (tertiary/aromatic N) is 3. The van der Waals surface area contributed by atoms with Gasteiger partial charge < -0.3 is 16.2 Å². The van der Waals surface area contributed by atoms with Crippen molar-refractivity contribution in [2.45, 2.75) is 38.3 Å². The van der Waals surface area contributed by atoms with Crippen molar-refractivity contribution in [1.29, 1.82) is 5.26 Å². The van der Waals surface area contributed by atoms with Gasteiger partial charge in [-0.15, -0.1) is 0 Å². The van der Waals surface area contributed by atoms with E-state index in [-0.39, 0.29) is 18.1 Å². The predicted octanol–water partition coefficient (Wildman–Crippen LogP) is 2.32. The van der Waals surface area contributed by atoms with Crippen LogP contribution in [0.25, 0.3) is 0 Å². The molecule has 25 heavy (non-hydrogen) atoms. The molecular weight excluding hydrogens is 318 g/mol. The summed E-state index contributed by atoms with van der Waals surface area (Å²) in [7, 11) is 0. The molecule has 7 heteroatoms. The third kappa shape index (κ3) is 3.64. The number of amides is 1. The Morgan fingerprint density at radius 1 is 1.40 bits per heavy atom. The van der Waals surface area contributed by atoms with Crippen LogP contribution in [0.5, 0.6) is 0 Å². The molecule has 1 aliphatic carbocycles. The smallest absolute Gasteiger partial charge is 0.254 e. The highest BCUT2D eigenvalue weighted by Gasteiger charge is 2.29. The van der Waals surface area contributed by atoms with Gasteiger partial charge in [0.15, 0.2) is 5.82 Å². The third-order valence-electron chi connectivity index (χ3n) is 4.71. The molecule has 3 unspecified atom stereocenters. The maximum absolute atomic E-state index is 11.8. The van der Waals surface area contributed by atoms with Gasteiger partial charge in [0, 0.05) is 11.9 Å². The Labute approximate surface area is 146 Å². The van der Waals surface area contributed by atoms with Crippen molar-refractivity contribution in [3.63, 3.8) is 0 Å². The number of hydrogen-bond donors (Lipinski definition) is 3. The number of rotatable bonds is 4. The number of benzene rings is 1. The Morgan fingerprint density at radius 3 is 2.72 bits per heavy atom. The fraction of sp³-hybridized carbons (Fsp3) is 0.389. The number of carbonyl (C=O) groups is 1. The lowest BCUT2D eigenvalue weighted by Crippen LogP contribution is -2.28. The molecule has 0 saturated heterocycles. The normalized spacial score (nSPS) is 23.0. The van der Waals surface area contributed by atoms with Gasteiger partial charge >= 0.3 is 0 Å². The van der Waals surface area contributed by atoms with E-state index in [2.05, 4.69) is 23.4 Å². The Morgan fingerprint density at radius 2 is 2.12 bits per heavy atom. The van der Waals surface area contributed by atoms with Crippen LogP contribution in [0.15, 0.2) is 30.5 Å². The van der Waals surface area contributed by atoms with E-state index in [4.69, 9.17) is 11.0 Å². The standard InChI is InChI=1S/C18H21N5O2/c1-11-8-14(24)6-7-16(11)23-10-15(17(20)25)18(22-23)21-13-4-2-12(9-19)3-5-13/h2-5,10-11,14,16,24H,6-8H2,1H3,(H2,20,25)(H,21,22). The number of anilines is 2. The first-order chi connectivity index (χ1) is 12.0. The molecule has 0 aliphatic heterocycles. The lowest BCUT2D eigenvalue weighted by Gasteiger charge is -2.31. The van der Waals surface area contributed by atoms with E-state index in [9.17, 15) is 9.90 Å². The van der Waals surface area contributed by atoms with Crippen molar-refractivity contribution in [3.05, 3.63) is 41.6 Å². The quantitative estimate of drug-likeness (QED) is 0.790. The lowest BCUT2D eigenvalue weighted by molar-refractivity contribution is 0.0748. The second-order valence-corrected chi connectivity index (χ2v) is 6.56. The van der Waals surface area contributed by atoms with Crippen LogP contribution in [0, 0.1) is 17.2 Å². The molecule has 0 radical (unpaired) electrons. The van der Waals surface area contributed by atoms with Gasteiger partial charge in [0.25, 0.3) is 5.91 Å². The summed E-state index contributed by atoms with van der Waals surface area (Å²) < 4.78 is 1.78. The fourth-order valence-corrected chi connectivity index (χ4v) is 3.34. The van der Waals surface area contributed by atoms with E-state index in [0.717, 1.165) is 24.9 Å². The molecule has 1 aliphatic rings. The summed E-state index contributed by atoms with van der Waals surface area (Å²) in [4.78, 5) is 11.8. The number of nitrogens with two attached hydrogens (primary N) is 1. The summed E-state index contributed by atoms with van der Waals surface area (Å²) in [5.74, 6) is 0.105. The molecule has 1 fully saturated rings. The molecule has 0 spiro atoms. The number of aliphatic hydroxyl groups is 1. The summed E-state index contributed by atoms with van der Waals surface area (Å²) in [6.07, 6.45) is 3.65. The second kappa shape index (κ2) is 6.95. The third-order valence-corrected chi connectivity index (χ3v) is 4.71. The molecule has 4 N–H and O–H groups in total. The maximum atomic E-state index is 11.8. The predicted molar refractivity (Wildman–Crippen MR) is 93.2 cm³/mol. The van der Waals surface area contributed by atoms with E-state index in [1.807, 2.05) is 0 Å². The highest BCUT2D eigenvalue weighted by atomic mass is 16.3. The van der Waals surface area contributed by atoms with E-state index >= 15 is 0 Å². The minimum absolute atomic E-state index is 0.123. The first-order valence-corrected chi connectivity index (χ1v) is 8.32. The number of carbonyl (C=O) groups excluding carboxylic acids is 1. The van der Waals surface area contributed by atoms with Gasteiger partial charge in [0.2, 0.25) is 0 Å². The number of hydrogen-bond acceptors (Lipinski definition) is 5. The average Bonchev–Trinajstić information content (AvgIpc) is 2.99. The Balaban J connectivity index is 1.87. The van der Waals surface area contributed by atoms with Crippen LogP contribution in [0.4, 0.5) is 11.5 Å². The Kier molecular flexibility index (Phi) is 4.72. The largest absolute Gasteiger partial charge is 0.393 e. The molecule has 0 bridgehead atoms. The number of aliphatic hydroxyl groups excluding tert-OH is 1. The minimum atomic E-state index is -0.550. The summed E-state index contributed by atoms with van der Waals surface area (Å²) in [6, 6.07) is 9.06. The van der Waals surface area contributed by atoms with Crippen LogP contribution < -0.4 is 11.1 Å². The van der Waals surface area contributed by atoms with Crippen LogP contribution in [0.1, 0.15) is 48.1 Å². The van der Waals surface area contributed by atoms with Crippen molar-refractivity contribution in [1.82, 2.24) is 9.78 Å². The van der Waals surface area contributed by atoms with Crippen LogP contribution in [0.3, 0.4) is 0 Å². The molecule has 1 aromatic carbocycles. The number of aromatic nitrogens is 2. The molecule has 3 atom stereocenters. The molecule has 3 rings (SSSR count). The minimum Gasteiger partial charge on any atom is -0.393 e. The summed E-state index contributed by atoms with van der Waals surface area (Å²) in [5.41, 5.74) is 7.10. The molecule has 2 aromatic rings. The van der Waals surface area contributed by atoms with Gasteiger partial charge in [-0.1, -0.05) is 6.92 Å². The molecule has 7 nitrogen and oxygen atoms in total. The fourth-order valence-electron chi connectivity index (χ4n) is 3.34. The second-order valence-electron chi connectivity index (χ2n) is 6.56. The zero-order valence-corrected chi connectivity index (χ0v) is 14.0. The maximum Gasteiger partial charge on any atom is 0.254 e. The van der Waals surface area contributed by atoms with E-state index in [1.54, 1.807) is 35.1 Å². The summed E-state index contributed by atoms with van der Waals surface area (Å²) >= 11 is 0. The zero-order chi connectivity index (χ0) is 18.0. The van der Waals surface area contributed by atoms with E-state index < -0.39 is 5.91 Å². The SMILES string of the molecule is CC1CC(O)CCC1n1cc(C(N)=O)c(Nc2ccc(C#N)cc2)n1. The summed E-state index contributed by atoms with van der Waals surface area (Å²) in [6.45, 7) is 2.08. The van der Waals surface area contributed by atoms with E-state index in [0.29, 0.717) is 16.9 Å². The van der Waals surface area contributed by atoms with Gasteiger partial charge in [-0.3, -0.25) is 9.48 Å². The molecular formula is C18H21N5O2. The number of nitrogens with one attached hydrogen (secondary N) is 1. The number of nitriles is 1. The first-order valence-electron chi connectivity index (χ1n) is 8.32. The van der Waals surface area contributed by atoms with E-state index in [1.165, 1.54) is 0 Å². The zero-order valence-electron chi connectivity index (χ0n) is 14.0. The topological polar surface area (TPSA) is 117 Å².